The highest BCUT2D eigenvalue weighted by atomic mass is 79.9. The summed E-state index contributed by atoms with van der Waals surface area (Å²) in [6.07, 6.45) is 3.46. The molecule has 100 valence electrons. The van der Waals surface area contributed by atoms with Gasteiger partial charge in [0.15, 0.2) is 0 Å². The topological polar surface area (TPSA) is 37.8 Å². The molecule has 1 N–H and O–H groups in total. The van der Waals surface area contributed by atoms with Gasteiger partial charge in [-0.05, 0) is 46.3 Å². The maximum Gasteiger partial charge on any atom is 0.112 e. The summed E-state index contributed by atoms with van der Waals surface area (Å²) in [4.78, 5) is 8.68. The molecule has 6 heteroatoms. The number of nitrogens with one attached hydrogen (secondary N) is 1. The predicted octanol–water partition coefficient (Wildman–Crippen LogP) is 5.44. The summed E-state index contributed by atoms with van der Waals surface area (Å²) < 4.78 is 0.889. The number of hydrogen-bond acceptors (Lipinski definition) is 3. The third-order valence-corrected chi connectivity index (χ3v) is 3.56. The summed E-state index contributed by atoms with van der Waals surface area (Å²) in [5.74, 6) is 0. The molecule has 0 fully saturated rings. The molecule has 0 bridgehead atoms. The van der Waals surface area contributed by atoms with Crippen LogP contribution in [0.2, 0.25) is 10.0 Å². The van der Waals surface area contributed by atoms with E-state index >= 15 is 0 Å². The predicted molar refractivity (Wildman–Crippen MR) is 87.0 cm³/mol. The highest BCUT2D eigenvalue weighted by molar-refractivity contribution is 9.10. The Morgan fingerprint density at radius 1 is 1.00 bits per heavy atom. The summed E-state index contributed by atoms with van der Waals surface area (Å²) in [6, 6.07) is 9.07. The van der Waals surface area contributed by atoms with Crippen molar-refractivity contribution >= 4 is 61.5 Å². The van der Waals surface area contributed by atoms with Crippen molar-refractivity contribution in [1.82, 2.24) is 9.97 Å². The minimum Gasteiger partial charge on any atom is -0.354 e. The van der Waals surface area contributed by atoms with Crippen molar-refractivity contribution in [2.45, 2.75) is 0 Å². The maximum atomic E-state index is 6.00. The van der Waals surface area contributed by atoms with Crippen molar-refractivity contribution in [3.8, 4) is 0 Å². The number of hydrogen-bond donors (Lipinski definition) is 1. The van der Waals surface area contributed by atoms with Crippen molar-refractivity contribution in [3.05, 3.63) is 57.2 Å². The van der Waals surface area contributed by atoms with E-state index in [1.54, 1.807) is 30.6 Å². The van der Waals surface area contributed by atoms with Crippen molar-refractivity contribution in [3.63, 3.8) is 0 Å². The zero-order chi connectivity index (χ0) is 14.1. The molecule has 2 aromatic heterocycles. The summed E-state index contributed by atoms with van der Waals surface area (Å²) >= 11 is 15.4. The highest BCUT2D eigenvalue weighted by Gasteiger charge is 2.05. The second kappa shape index (κ2) is 5.56. The van der Waals surface area contributed by atoms with E-state index in [1.165, 1.54) is 0 Å². The lowest BCUT2D eigenvalue weighted by Crippen LogP contribution is -1.94. The number of aromatic nitrogens is 2. The molecule has 3 rings (SSSR count). The number of halogens is 3. The summed E-state index contributed by atoms with van der Waals surface area (Å²) in [6.45, 7) is 0. The number of pyridine rings is 2. The lowest BCUT2D eigenvalue weighted by molar-refractivity contribution is 1.32. The van der Waals surface area contributed by atoms with E-state index in [0.717, 1.165) is 26.9 Å². The van der Waals surface area contributed by atoms with Crippen LogP contribution in [0.25, 0.3) is 11.0 Å². The molecule has 20 heavy (non-hydrogen) atoms. The van der Waals surface area contributed by atoms with Crippen molar-refractivity contribution in [2.75, 3.05) is 5.32 Å². The van der Waals surface area contributed by atoms with E-state index in [1.807, 2.05) is 12.1 Å². The van der Waals surface area contributed by atoms with Crippen molar-refractivity contribution in [2.24, 2.45) is 0 Å². The lowest BCUT2D eigenvalue weighted by atomic mass is 10.2. The van der Waals surface area contributed by atoms with Crippen LogP contribution in [0.15, 0.2) is 47.2 Å². The Morgan fingerprint density at radius 3 is 2.50 bits per heavy atom. The second-order valence-corrected chi connectivity index (χ2v) is 5.95. The molecule has 0 aliphatic heterocycles. The Labute approximate surface area is 134 Å². The SMILES string of the molecule is Clc1cc(Cl)cc(Nc2ccnc3cc(Br)cnc23)c1. The van der Waals surface area contributed by atoms with Gasteiger partial charge < -0.3 is 5.32 Å². The van der Waals surface area contributed by atoms with Gasteiger partial charge in [-0.15, -0.1) is 0 Å². The van der Waals surface area contributed by atoms with Gasteiger partial charge in [-0.2, -0.15) is 0 Å². The first kappa shape index (κ1) is 13.6. The molecule has 0 radical (unpaired) electrons. The molecule has 0 unspecified atom stereocenters. The van der Waals surface area contributed by atoms with Gasteiger partial charge in [0.2, 0.25) is 0 Å². The molecule has 3 nitrogen and oxygen atoms in total. The Bertz CT molecular complexity index is 772. The number of benzene rings is 1. The Balaban J connectivity index is 2.06. The van der Waals surface area contributed by atoms with Crippen LogP contribution < -0.4 is 5.32 Å². The van der Waals surface area contributed by atoms with Gasteiger partial charge >= 0.3 is 0 Å². The molecule has 0 saturated carbocycles. The molecule has 3 aromatic rings. The van der Waals surface area contributed by atoms with E-state index < -0.39 is 0 Å². The van der Waals surface area contributed by atoms with Crippen molar-refractivity contribution < 1.29 is 0 Å². The Kier molecular flexibility index (Phi) is 3.78. The van der Waals surface area contributed by atoms with E-state index in [0.29, 0.717) is 10.0 Å². The zero-order valence-corrected chi connectivity index (χ0v) is 13.2. The third-order valence-electron chi connectivity index (χ3n) is 2.69. The first-order valence-corrected chi connectivity index (χ1v) is 7.30. The van der Waals surface area contributed by atoms with Crippen LogP contribution in [-0.2, 0) is 0 Å². The molecule has 0 amide bonds. The third kappa shape index (κ3) is 2.87. The van der Waals surface area contributed by atoms with Gasteiger partial charge in [-0.25, -0.2) is 0 Å². The van der Waals surface area contributed by atoms with Gasteiger partial charge in [0.25, 0.3) is 0 Å². The van der Waals surface area contributed by atoms with Crippen molar-refractivity contribution in [1.29, 1.82) is 0 Å². The fourth-order valence-electron chi connectivity index (χ4n) is 1.89. The van der Waals surface area contributed by atoms with E-state index in [4.69, 9.17) is 23.2 Å². The fourth-order valence-corrected chi connectivity index (χ4v) is 2.73. The van der Waals surface area contributed by atoms with Gasteiger partial charge in [-0.1, -0.05) is 23.2 Å². The molecule has 0 aliphatic rings. The molecule has 0 saturated heterocycles. The normalized spacial score (nSPS) is 10.8. The van der Waals surface area contributed by atoms with Crippen LogP contribution in [0.1, 0.15) is 0 Å². The van der Waals surface area contributed by atoms with Gasteiger partial charge in [0.05, 0.1) is 11.2 Å². The minimum absolute atomic E-state index is 0.578. The summed E-state index contributed by atoms with van der Waals surface area (Å²) in [5.41, 5.74) is 3.24. The average Bonchev–Trinajstić information content (AvgIpc) is 2.37. The number of rotatable bonds is 2. The van der Waals surface area contributed by atoms with Crippen LogP contribution >= 0.6 is 39.1 Å². The maximum absolute atomic E-state index is 6.00. The molecule has 2 heterocycles. The van der Waals surface area contributed by atoms with E-state index in [-0.39, 0.29) is 0 Å². The summed E-state index contributed by atoms with van der Waals surface area (Å²) in [5, 5.41) is 4.42. The standard InChI is InChI=1S/C14H8BrCl2N3/c15-8-3-13-14(19-7-8)12(1-2-18-13)20-11-5-9(16)4-10(17)6-11/h1-7H,(H,18,20). The first-order chi connectivity index (χ1) is 9.61. The number of fused-ring (bicyclic) bond motifs is 1. The molecule has 0 aliphatic carbocycles. The largest absolute Gasteiger partial charge is 0.354 e. The van der Waals surface area contributed by atoms with Gasteiger partial charge in [-0.3, -0.25) is 9.97 Å². The Hall–Kier alpha value is -1.36. The van der Waals surface area contributed by atoms with E-state index in [2.05, 4.69) is 31.2 Å². The quantitative estimate of drug-likeness (QED) is 0.654. The molecular weight excluding hydrogens is 361 g/mol. The molecular formula is C14H8BrCl2N3. The monoisotopic (exact) mass is 367 g/mol. The van der Waals surface area contributed by atoms with Crippen LogP contribution in [0, 0.1) is 0 Å². The number of nitrogens with zero attached hydrogens (tertiary/aromatic N) is 2. The summed E-state index contributed by atoms with van der Waals surface area (Å²) in [7, 11) is 0. The molecule has 0 atom stereocenters. The Morgan fingerprint density at radius 2 is 1.75 bits per heavy atom. The van der Waals surface area contributed by atoms with Gasteiger partial charge in [0.1, 0.15) is 5.52 Å². The van der Waals surface area contributed by atoms with Gasteiger partial charge in [0, 0.05) is 32.6 Å². The second-order valence-electron chi connectivity index (χ2n) is 4.16. The minimum atomic E-state index is 0.578. The first-order valence-electron chi connectivity index (χ1n) is 5.75. The smallest absolute Gasteiger partial charge is 0.112 e. The van der Waals surface area contributed by atoms with E-state index in [9.17, 15) is 0 Å². The zero-order valence-electron chi connectivity index (χ0n) is 10.1. The molecule has 1 aromatic carbocycles. The lowest BCUT2D eigenvalue weighted by Gasteiger charge is -2.09. The van der Waals surface area contributed by atoms with Crippen LogP contribution in [0.5, 0.6) is 0 Å². The highest BCUT2D eigenvalue weighted by Crippen LogP contribution is 2.28. The number of anilines is 2. The van der Waals surface area contributed by atoms with Crippen LogP contribution in [-0.4, -0.2) is 9.97 Å². The fraction of sp³-hybridized carbons (Fsp3) is 0. The van der Waals surface area contributed by atoms with Crippen LogP contribution in [0.4, 0.5) is 11.4 Å². The average molecular weight is 369 g/mol. The van der Waals surface area contributed by atoms with Crippen LogP contribution in [0.3, 0.4) is 0 Å². The molecule has 0 spiro atoms.